The van der Waals surface area contributed by atoms with Crippen molar-refractivity contribution in [3.05, 3.63) is 64.4 Å². The Morgan fingerprint density at radius 3 is 2.70 bits per heavy atom. The van der Waals surface area contributed by atoms with Crippen LogP contribution in [0, 0.1) is 6.92 Å². The Labute approximate surface area is 164 Å². The lowest BCUT2D eigenvalue weighted by atomic mass is 10.1. The molecule has 3 rings (SSSR count). The number of hydrogen-bond donors (Lipinski definition) is 1. The van der Waals surface area contributed by atoms with Gasteiger partial charge in [0.2, 0.25) is 5.91 Å². The molecule has 1 aromatic heterocycles. The van der Waals surface area contributed by atoms with Gasteiger partial charge in [-0.15, -0.1) is 5.10 Å². The van der Waals surface area contributed by atoms with E-state index in [1.54, 1.807) is 31.3 Å². The second kappa shape index (κ2) is 8.09. The van der Waals surface area contributed by atoms with Crippen LogP contribution in [0.3, 0.4) is 0 Å². The molecule has 0 atom stereocenters. The number of likely N-dealkylation sites (N-methyl/N-ethyl adjacent to an activating group) is 1. The molecule has 0 saturated heterocycles. The summed E-state index contributed by atoms with van der Waals surface area (Å²) >= 11 is 3.39. The number of halogens is 1. The summed E-state index contributed by atoms with van der Waals surface area (Å²) in [5, 5.41) is 13.8. The number of para-hydroxylation sites is 1. The fraction of sp³-hybridized carbons (Fsp3) is 0.167. The van der Waals surface area contributed by atoms with E-state index in [9.17, 15) is 9.59 Å². The maximum atomic E-state index is 12.8. The summed E-state index contributed by atoms with van der Waals surface area (Å²) in [4.78, 5) is 26.5. The Balaban J connectivity index is 1.72. The zero-order chi connectivity index (χ0) is 19.4. The normalized spacial score (nSPS) is 10.5. The van der Waals surface area contributed by atoms with Gasteiger partial charge in [-0.25, -0.2) is 0 Å². The third-order valence-corrected chi connectivity index (χ3v) is 4.41. The Hall–Kier alpha value is -3.07. The molecule has 1 N–H and O–H groups in total. The van der Waals surface area contributed by atoms with Crippen molar-refractivity contribution < 1.29 is 9.59 Å². The van der Waals surface area contributed by atoms with E-state index in [0.717, 1.165) is 10.0 Å². The molecule has 3 aromatic rings. The number of tetrazole rings is 1. The standard InChI is InChI=1S/C18H17BrN6O2/c1-12-9-13(19)7-8-15(12)21-17(26)10-24(2)18(27)14-5-3-4-6-16(14)25-11-20-22-23-25/h3-9,11H,10H2,1-2H3,(H,21,26). The summed E-state index contributed by atoms with van der Waals surface area (Å²) in [5.74, 6) is -0.583. The van der Waals surface area contributed by atoms with Crippen molar-refractivity contribution in [1.29, 1.82) is 0 Å². The zero-order valence-corrected chi connectivity index (χ0v) is 16.3. The molecule has 0 bridgehead atoms. The number of anilines is 1. The molecule has 0 unspecified atom stereocenters. The van der Waals surface area contributed by atoms with Crippen molar-refractivity contribution in [2.24, 2.45) is 0 Å². The zero-order valence-electron chi connectivity index (χ0n) is 14.8. The van der Waals surface area contributed by atoms with Crippen LogP contribution in [0.5, 0.6) is 0 Å². The average molecular weight is 429 g/mol. The van der Waals surface area contributed by atoms with E-state index in [1.165, 1.54) is 15.9 Å². The van der Waals surface area contributed by atoms with Gasteiger partial charge in [0.25, 0.3) is 5.91 Å². The summed E-state index contributed by atoms with van der Waals surface area (Å²) in [6.07, 6.45) is 1.41. The minimum Gasteiger partial charge on any atom is -0.332 e. The van der Waals surface area contributed by atoms with Gasteiger partial charge in [-0.05, 0) is 53.2 Å². The first-order valence-electron chi connectivity index (χ1n) is 8.09. The van der Waals surface area contributed by atoms with Crippen molar-refractivity contribution >= 4 is 33.4 Å². The van der Waals surface area contributed by atoms with E-state index in [2.05, 4.69) is 36.8 Å². The second-order valence-electron chi connectivity index (χ2n) is 5.94. The summed E-state index contributed by atoms with van der Waals surface area (Å²) in [6, 6.07) is 12.5. The SMILES string of the molecule is Cc1cc(Br)ccc1NC(=O)CN(C)C(=O)c1ccccc1-n1cnnn1. The molecule has 138 valence electrons. The predicted molar refractivity (Wildman–Crippen MR) is 104 cm³/mol. The van der Waals surface area contributed by atoms with E-state index in [1.807, 2.05) is 25.1 Å². The smallest absolute Gasteiger partial charge is 0.256 e. The minimum absolute atomic E-state index is 0.0850. The predicted octanol–water partition coefficient (Wildman–Crippen LogP) is 2.44. The van der Waals surface area contributed by atoms with Crippen LogP contribution in [0.1, 0.15) is 15.9 Å². The summed E-state index contributed by atoms with van der Waals surface area (Å²) < 4.78 is 2.34. The van der Waals surface area contributed by atoms with Gasteiger partial charge in [0.1, 0.15) is 6.33 Å². The van der Waals surface area contributed by atoms with E-state index in [0.29, 0.717) is 16.9 Å². The number of amides is 2. The molecule has 1 heterocycles. The molecular weight excluding hydrogens is 412 g/mol. The molecular formula is C18H17BrN6O2. The lowest BCUT2D eigenvalue weighted by Crippen LogP contribution is -2.35. The topological polar surface area (TPSA) is 93.0 Å². The number of hydrogen-bond acceptors (Lipinski definition) is 5. The van der Waals surface area contributed by atoms with Crippen LogP contribution in [-0.2, 0) is 4.79 Å². The molecule has 0 fully saturated rings. The van der Waals surface area contributed by atoms with Crippen LogP contribution in [0.25, 0.3) is 5.69 Å². The van der Waals surface area contributed by atoms with Gasteiger partial charge in [-0.2, -0.15) is 4.68 Å². The quantitative estimate of drug-likeness (QED) is 0.673. The van der Waals surface area contributed by atoms with Gasteiger partial charge in [0.05, 0.1) is 17.8 Å². The number of aryl methyl sites for hydroxylation is 1. The lowest BCUT2D eigenvalue weighted by Gasteiger charge is -2.19. The molecule has 2 aromatic carbocycles. The number of carbonyl (C=O) groups excluding carboxylic acids is 2. The fourth-order valence-electron chi connectivity index (χ4n) is 2.58. The molecule has 27 heavy (non-hydrogen) atoms. The van der Waals surface area contributed by atoms with Crippen LogP contribution in [0.15, 0.2) is 53.3 Å². The fourth-order valence-corrected chi connectivity index (χ4v) is 3.05. The largest absolute Gasteiger partial charge is 0.332 e. The third kappa shape index (κ3) is 4.37. The highest BCUT2D eigenvalue weighted by Crippen LogP contribution is 2.20. The first kappa shape index (κ1) is 18.7. The molecule has 9 heteroatoms. The Morgan fingerprint density at radius 1 is 1.22 bits per heavy atom. The molecule has 0 radical (unpaired) electrons. The summed E-state index contributed by atoms with van der Waals surface area (Å²) in [5.41, 5.74) is 2.58. The number of nitrogens with one attached hydrogen (secondary N) is 1. The highest BCUT2D eigenvalue weighted by atomic mass is 79.9. The van der Waals surface area contributed by atoms with Crippen molar-refractivity contribution in [3.63, 3.8) is 0 Å². The average Bonchev–Trinajstić information content (AvgIpc) is 3.18. The van der Waals surface area contributed by atoms with E-state index < -0.39 is 0 Å². The van der Waals surface area contributed by atoms with E-state index >= 15 is 0 Å². The number of aromatic nitrogens is 4. The van der Waals surface area contributed by atoms with Gasteiger partial charge in [0, 0.05) is 17.2 Å². The maximum absolute atomic E-state index is 12.8. The molecule has 0 aliphatic carbocycles. The summed E-state index contributed by atoms with van der Waals surface area (Å²) in [7, 11) is 1.58. The Bertz CT molecular complexity index is 974. The molecule has 0 aliphatic heterocycles. The minimum atomic E-state index is -0.302. The molecule has 8 nitrogen and oxygen atoms in total. The molecule has 0 aliphatic rings. The highest BCUT2D eigenvalue weighted by molar-refractivity contribution is 9.10. The van der Waals surface area contributed by atoms with Gasteiger partial charge in [-0.1, -0.05) is 28.1 Å². The van der Waals surface area contributed by atoms with Gasteiger partial charge in [-0.3, -0.25) is 9.59 Å². The van der Waals surface area contributed by atoms with Crippen LogP contribution >= 0.6 is 15.9 Å². The Morgan fingerprint density at radius 2 is 2.00 bits per heavy atom. The first-order valence-corrected chi connectivity index (χ1v) is 8.89. The summed E-state index contributed by atoms with van der Waals surface area (Å²) in [6.45, 7) is 1.82. The van der Waals surface area contributed by atoms with Crippen LogP contribution in [0.2, 0.25) is 0 Å². The van der Waals surface area contributed by atoms with Crippen LogP contribution in [0.4, 0.5) is 5.69 Å². The number of benzene rings is 2. The monoisotopic (exact) mass is 428 g/mol. The molecule has 0 spiro atoms. The molecule has 2 amide bonds. The van der Waals surface area contributed by atoms with Crippen molar-refractivity contribution in [3.8, 4) is 5.69 Å². The Kier molecular flexibility index (Phi) is 5.60. The van der Waals surface area contributed by atoms with E-state index in [-0.39, 0.29) is 18.4 Å². The second-order valence-corrected chi connectivity index (χ2v) is 6.86. The number of nitrogens with zero attached hydrogens (tertiary/aromatic N) is 5. The maximum Gasteiger partial charge on any atom is 0.256 e. The highest BCUT2D eigenvalue weighted by Gasteiger charge is 2.19. The van der Waals surface area contributed by atoms with E-state index in [4.69, 9.17) is 0 Å². The number of carbonyl (C=O) groups is 2. The van der Waals surface area contributed by atoms with Crippen molar-refractivity contribution in [2.45, 2.75) is 6.92 Å². The van der Waals surface area contributed by atoms with Crippen LogP contribution < -0.4 is 5.32 Å². The lowest BCUT2D eigenvalue weighted by molar-refractivity contribution is -0.116. The molecule has 0 saturated carbocycles. The van der Waals surface area contributed by atoms with Crippen molar-refractivity contribution in [1.82, 2.24) is 25.1 Å². The van der Waals surface area contributed by atoms with Crippen molar-refractivity contribution in [2.75, 3.05) is 18.9 Å². The third-order valence-electron chi connectivity index (χ3n) is 3.92. The van der Waals surface area contributed by atoms with Gasteiger partial charge >= 0.3 is 0 Å². The first-order chi connectivity index (χ1) is 13.0. The van der Waals surface area contributed by atoms with Gasteiger partial charge < -0.3 is 10.2 Å². The van der Waals surface area contributed by atoms with Crippen LogP contribution in [-0.4, -0.2) is 50.5 Å². The van der Waals surface area contributed by atoms with Gasteiger partial charge in [0.15, 0.2) is 0 Å². The number of rotatable bonds is 5.